The molecule has 0 spiro atoms. The summed E-state index contributed by atoms with van der Waals surface area (Å²) in [6, 6.07) is 11.8. The Morgan fingerprint density at radius 2 is 2.08 bits per heavy atom. The fourth-order valence-corrected chi connectivity index (χ4v) is 3.93. The zero-order valence-electron chi connectivity index (χ0n) is 13.9. The second-order valence-corrected chi connectivity index (χ2v) is 7.45. The van der Waals surface area contributed by atoms with Gasteiger partial charge in [0.25, 0.3) is 0 Å². The third-order valence-electron chi connectivity index (χ3n) is 4.00. The number of para-hydroxylation sites is 1. The Kier molecular flexibility index (Phi) is 5.27. The highest BCUT2D eigenvalue weighted by molar-refractivity contribution is 7.89. The molecule has 0 aromatic heterocycles. The summed E-state index contributed by atoms with van der Waals surface area (Å²) in [7, 11) is -3.79. The summed E-state index contributed by atoms with van der Waals surface area (Å²) in [5.41, 5.74) is 1.69. The van der Waals surface area contributed by atoms with E-state index in [1.54, 1.807) is 37.3 Å². The smallest absolute Gasteiger partial charge is 0.244 e. The molecule has 0 radical (unpaired) electrons. The van der Waals surface area contributed by atoms with Crippen molar-refractivity contribution < 1.29 is 23.0 Å². The molecule has 1 aliphatic heterocycles. The number of hydrogen-bond acceptors (Lipinski definition) is 5. The van der Waals surface area contributed by atoms with Crippen molar-refractivity contribution >= 4 is 10.0 Å². The molecule has 2 aromatic carbocycles. The average Bonchev–Trinajstić information content (AvgIpc) is 3.08. The van der Waals surface area contributed by atoms with Crippen LogP contribution in [0.15, 0.2) is 47.4 Å². The maximum Gasteiger partial charge on any atom is 0.244 e. The van der Waals surface area contributed by atoms with Gasteiger partial charge < -0.3 is 14.6 Å². The molecule has 25 heavy (non-hydrogen) atoms. The number of benzene rings is 2. The predicted octanol–water partition coefficient (Wildman–Crippen LogP) is 2.03. The largest absolute Gasteiger partial charge is 0.493 e. The Labute approximate surface area is 147 Å². The molecule has 0 fully saturated rings. The van der Waals surface area contributed by atoms with E-state index in [0.29, 0.717) is 24.5 Å². The maximum absolute atomic E-state index is 12.5. The lowest BCUT2D eigenvalue weighted by atomic mass is 10.0. The van der Waals surface area contributed by atoms with Gasteiger partial charge in [-0.2, -0.15) is 0 Å². The van der Waals surface area contributed by atoms with Gasteiger partial charge in [0.2, 0.25) is 10.0 Å². The van der Waals surface area contributed by atoms with Crippen LogP contribution >= 0.6 is 0 Å². The molecule has 1 aliphatic rings. The monoisotopic (exact) mass is 363 g/mol. The third-order valence-corrected chi connectivity index (χ3v) is 5.47. The van der Waals surface area contributed by atoms with E-state index in [0.717, 1.165) is 17.7 Å². The molecule has 7 heteroatoms. The van der Waals surface area contributed by atoms with E-state index in [1.807, 2.05) is 6.07 Å². The molecule has 2 aromatic rings. The summed E-state index contributed by atoms with van der Waals surface area (Å²) in [4.78, 5) is 0.0615. The van der Waals surface area contributed by atoms with Gasteiger partial charge in [-0.15, -0.1) is 0 Å². The van der Waals surface area contributed by atoms with Crippen LogP contribution in [0.3, 0.4) is 0 Å². The standard InChI is InChI=1S/C18H21NO5S/c1-2-23-17-5-3-4-6-18(17)25(21,22)19-12-15(20)13-7-8-16-14(11-13)9-10-24-16/h3-8,11,15,19-20H,2,9-10,12H2,1H3. The number of nitrogens with one attached hydrogen (secondary N) is 1. The van der Waals surface area contributed by atoms with Gasteiger partial charge in [0, 0.05) is 13.0 Å². The number of hydrogen-bond donors (Lipinski definition) is 2. The maximum atomic E-state index is 12.5. The molecular weight excluding hydrogens is 342 g/mol. The molecule has 0 amide bonds. The average molecular weight is 363 g/mol. The SMILES string of the molecule is CCOc1ccccc1S(=O)(=O)NCC(O)c1ccc2c(c1)CCO2. The first kappa shape index (κ1) is 17.7. The van der Waals surface area contributed by atoms with E-state index < -0.39 is 16.1 Å². The third kappa shape index (κ3) is 3.95. The van der Waals surface area contributed by atoms with Gasteiger partial charge >= 0.3 is 0 Å². The van der Waals surface area contributed by atoms with Crippen molar-refractivity contribution in [3.05, 3.63) is 53.6 Å². The van der Waals surface area contributed by atoms with E-state index in [2.05, 4.69) is 4.72 Å². The summed E-state index contributed by atoms with van der Waals surface area (Å²) >= 11 is 0. The second-order valence-electron chi connectivity index (χ2n) is 5.71. The molecule has 0 saturated carbocycles. The van der Waals surface area contributed by atoms with Crippen molar-refractivity contribution in [1.82, 2.24) is 4.72 Å². The van der Waals surface area contributed by atoms with Crippen molar-refractivity contribution in [2.45, 2.75) is 24.3 Å². The lowest BCUT2D eigenvalue weighted by Crippen LogP contribution is -2.29. The van der Waals surface area contributed by atoms with E-state index in [-0.39, 0.29) is 11.4 Å². The number of sulfonamides is 1. The van der Waals surface area contributed by atoms with Gasteiger partial charge in [-0.05, 0) is 42.3 Å². The minimum Gasteiger partial charge on any atom is -0.493 e. The Morgan fingerprint density at radius 1 is 1.28 bits per heavy atom. The highest BCUT2D eigenvalue weighted by Crippen LogP contribution is 2.28. The Balaban J connectivity index is 1.72. The topological polar surface area (TPSA) is 84.9 Å². The molecule has 134 valence electrons. The molecule has 3 rings (SSSR count). The Hall–Kier alpha value is -2.09. The van der Waals surface area contributed by atoms with Crippen LogP contribution in [0.4, 0.5) is 0 Å². The summed E-state index contributed by atoms with van der Waals surface area (Å²) < 4.78 is 38.3. The minimum atomic E-state index is -3.79. The first-order chi connectivity index (χ1) is 12.0. The van der Waals surface area contributed by atoms with Crippen LogP contribution in [-0.2, 0) is 16.4 Å². The zero-order chi connectivity index (χ0) is 17.9. The van der Waals surface area contributed by atoms with Crippen LogP contribution in [0.25, 0.3) is 0 Å². The predicted molar refractivity (Wildman–Crippen MR) is 93.4 cm³/mol. The summed E-state index contributed by atoms with van der Waals surface area (Å²) in [6.07, 6.45) is -0.150. The first-order valence-electron chi connectivity index (χ1n) is 8.16. The number of rotatable bonds is 7. The second kappa shape index (κ2) is 7.43. The number of fused-ring (bicyclic) bond motifs is 1. The fourth-order valence-electron chi connectivity index (χ4n) is 2.74. The van der Waals surface area contributed by atoms with Crippen LogP contribution in [0, 0.1) is 0 Å². The molecule has 1 atom stereocenters. The van der Waals surface area contributed by atoms with Gasteiger partial charge in [-0.1, -0.05) is 18.2 Å². The fraction of sp³-hybridized carbons (Fsp3) is 0.333. The van der Waals surface area contributed by atoms with Crippen molar-refractivity contribution in [3.8, 4) is 11.5 Å². The molecule has 0 aliphatic carbocycles. The zero-order valence-corrected chi connectivity index (χ0v) is 14.8. The van der Waals surface area contributed by atoms with E-state index in [9.17, 15) is 13.5 Å². The molecule has 1 heterocycles. The van der Waals surface area contributed by atoms with Gasteiger partial charge in [0.1, 0.15) is 16.4 Å². The summed E-state index contributed by atoms with van der Waals surface area (Å²) in [6.45, 7) is 2.67. The van der Waals surface area contributed by atoms with Crippen LogP contribution in [0.2, 0.25) is 0 Å². The summed E-state index contributed by atoms with van der Waals surface area (Å²) in [5, 5.41) is 10.3. The van der Waals surface area contributed by atoms with Crippen molar-refractivity contribution in [3.63, 3.8) is 0 Å². The van der Waals surface area contributed by atoms with Crippen LogP contribution < -0.4 is 14.2 Å². The normalized spacial score (nSPS) is 14.6. The Bertz CT molecular complexity index is 850. The quantitative estimate of drug-likeness (QED) is 0.786. The highest BCUT2D eigenvalue weighted by Gasteiger charge is 2.21. The highest BCUT2D eigenvalue weighted by atomic mass is 32.2. The number of ether oxygens (including phenoxy) is 2. The lowest BCUT2D eigenvalue weighted by Gasteiger charge is -2.15. The molecule has 0 bridgehead atoms. The molecule has 0 saturated heterocycles. The molecule has 2 N–H and O–H groups in total. The van der Waals surface area contributed by atoms with Gasteiger partial charge in [0.05, 0.1) is 19.3 Å². The first-order valence-corrected chi connectivity index (χ1v) is 9.65. The van der Waals surface area contributed by atoms with Gasteiger partial charge in [-0.25, -0.2) is 13.1 Å². The van der Waals surface area contributed by atoms with Gasteiger partial charge in [-0.3, -0.25) is 0 Å². The lowest BCUT2D eigenvalue weighted by molar-refractivity contribution is 0.182. The van der Waals surface area contributed by atoms with Crippen LogP contribution in [0.1, 0.15) is 24.2 Å². The molecule has 6 nitrogen and oxygen atoms in total. The van der Waals surface area contributed by atoms with Crippen LogP contribution in [-0.4, -0.2) is 33.3 Å². The number of aliphatic hydroxyl groups is 1. The number of aliphatic hydroxyl groups excluding tert-OH is 1. The summed E-state index contributed by atoms with van der Waals surface area (Å²) in [5.74, 6) is 1.11. The minimum absolute atomic E-state index is 0.0615. The van der Waals surface area contributed by atoms with Gasteiger partial charge in [0.15, 0.2) is 0 Å². The van der Waals surface area contributed by atoms with E-state index in [1.165, 1.54) is 6.07 Å². The van der Waals surface area contributed by atoms with Crippen LogP contribution in [0.5, 0.6) is 11.5 Å². The van der Waals surface area contributed by atoms with Crippen molar-refractivity contribution in [2.24, 2.45) is 0 Å². The van der Waals surface area contributed by atoms with E-state index >= 15 is 0 Å². The molecular formula is C18H21NO5S. The van der Waals surface area contributed by atoms with Crippen molar-refractivity contribution in [2.75, 3.05) is 19.8 Å². The van der Waals surface area contributed by atoms with Crippen molar-refractivity contribution in [1.29, 1.82) is 0 Å². The Morgan fingerprint density at radius 3 is 2.88 bits per heavy atom. The van der Waals surface area contributed by atoms with E-state index in [4.69, 9.17) is 9.47 Å². The molecule has 1 unspecified atom stereocenters.